The van der Waals surface area contributed by atoms with E-state index in [0.717, 1.165) is 60.8 Å². The van der Waals surface area contributed by atoms with Gasteiger partial charge in [0, 0.05) is 11.9 Å². The molecule has 4 nitrogen and oxygen atoms in total. The van der Waals surface area contributed by atoms with Crippen molar-refractivity contribution in [2.24, 2.45) is 0 Å². The smallest absolute Gasteiger partial charge is 0.663 e. The molecule has 0 atom stereocenters. The van der Waals surface area contributed by atoms with E-state index in [0.29, 0.717) is 0 Å². The van der Waals surface area contributed by atoms with E-state index in [4.69, 9.17) is 9.97 Å². The van der Waals surface area contributed by atoms with Gasteiger partial charge in [-0.15, -0.1) is 41.3 Å². The van der Waals surface area contributed by atoms with Gasteiger partial charge in [0.1, 0.15) is 0 Å². The summed E-state index contributed by atoms with van der Waals surface area (Å²) in [6.45, 7) is 0. The summed E-state index contributed by atoms with van der Waals surface area (Å²) in [6, 6.07) is 42.6. The molecule has 0 N–H and O–H groups in total. The summed E-state index contributed by atoms with van der Waals surface area (Å²) in [4.78, 5) is 14.4. The molecule has 5 heteroatoms. The van der Waals surface area contributed by atoms with Gasteiger partial charge in [0.2, 0.25) is 0 Å². The van der Waals surface area contributed by atoms with Gasteiger partial charge in [-0.25, -0.2) is 0 Å². The molecule has 39 heavy (non-hydrogen) atoms. The zero-order valence-electron chi connectivity index (χ0n) is 20.8. The van der Waals surface area contributed by atoms with Crippen molar-refractivity contribution in [1.82, 2.24) is 19.5 Å². The Labute approximate surface area is 240 Å². The zero-order chi connectivity index (χ0) is 25.3. The van der Waals surface area contributed by atoms with Crippen LogP contribution in [0, 0.1) is 6.07 Å². The maximum Gasteiger partial charge on any atom is 2.00 e. The molecular formula is C34H22N4Pt. The SMILES string of the molecule is [Pt+2].[c-]1c(/C=c2\[n-]/c(=C\c3ccccn3)c3ccccc23)cccc1-c1nc2ccccc2n1-c1ccccc1. The molecule has 7 aromatic rings. The maximum absolute atomic E-state index is 5.00. The van der Waals surface area contributed by atoms with Gasteiger partial charge in [-0.05, 0) is 47.2 Å². The van der Waals surface area contributed by atoms with Gasteiger partial charge in [0.25, 0.3) is 0 Å². The van der Waals surface area contributed by atoms with Crippen LogP contribution < -0.4 is 15.7 Å². The van der Waals surface area contributed by atoms with E-state index < -0.39 is 0 Å². The molecule has 0 amide bonds. The summed E-state index contributed by atoms with van der Waals surface area (Å²) < 4.78 is 2.20. The van der Waals surface area contributed by atoms with Gasteiger partial charge < -0.3 is 9.55 Å². The number of rotatable bonds is 4. The molecule has 0 radical (unpaired) electrons. The third-order valence-corrected chi connectivity index (χ3v) is 6.62. The summed E-state index contributed by atoms with van der Waals surface area (Å²) >= 11 is 0. The van der Waals surface area contributed by atoms with Crippen LogP contribution in [0.4, 0.5) is 0 Å². The molecular weight excluding hydrogens is 659 g/mol. The number of hydrogen-bond donors (Lipinski definition) is 0. The van der Waals surface area contributed by atoms with E-state index in [-0.39, 0.29) is 21.1 Å². The normalized spacial score (nSPS) is 12.2. The minimum atomic E-state index is 0. The number of imidazole rings is 1. The number of nitrogens with zero attached hydrogens (tertiary/aromatic N) is 4. The molecule has 7 rings (SSSR count). The first kappa shape index (κ1) is 24.8. The summed E-state index contributed by atoms with van der Waals surface area (Å²) in [5.41, 5.74) is 5.84. The average molecular weight is 682 g/mol. The third kappa shape index (κ3) is 4.76. The van der Waals surface area contributed by atoms with Crippen LogP contribution in [0.15, 0.2) is 121 Å². The van der Waals surface area contributed by atoms with Crippen molar-refractivity contribution in [1.29, 1.82) is 0 Å². The summed E-state index contributed by atoms with van der Waals surface area (Å²) in [5, 5.41) is 4.02. The van der Waals surface area contributed by atoms with Crippen LogP contribution >= 0.6 is 0 Å². The first-order valence-corrected chi connectivity index (χ1v) is 12.5. The minimum Gasteiger partial charge on any atom is -0.663 e. The van der Waals surface area contributed by atoms with E-state index in [2.05, 4.69) is 70.2 Å². The number of pyridine rings is 1. The Morgan fingerprint density at radius 3 is 2.18 bits per heavy atom. The number of benzene rings is 4. The largest absolute Gasteiger partial charge is 2.00 e. The standard InChI is InChI=1S/C34H22N4.Pt/c1-2-14-27(15-3-1)38-33-19-7-6-18-30(33)37-34(38)25-12-10-11-24(21-25)22-31-28-16-4-5-17-29(28)32(36-31)23-26-13-8-9-20-35-26;/h1-20,22-23H;/q-2;+2/b31-22-,32-23-;. The van der Waals surface area contributed by atoms with Crippen molar-refractivity contribution in [3.05, 3.63) is 149 Å². The van der Waals surface area contributed by atoms with Gasteiger partial charge in [-0.2, -0.15) is 5.35 Å². The van der Waals surface area contributed by atoms with Crippen molar-refractivity contribution in [3.8, 4) is 17.1 Å². The van der Waals surface area contributed by atoms with Crippen molar-refractivity contribution >= 4 is 34.0 Å². The number of aromatic nitrogens is 4. The fraction of sp³-hybridized carbons (Fsp3) is 0. The van der Waals surface area contributed by atoms with Gasteiger partial charge in [0.15, 0.2) is 0 Å². The third-order valence-electron chi connectivity index (χ3n) is 6.62. The second-order valence-electron chi connectivity index (χ2n) is 9.09. The van der Waals surface area contributed by atoms with Gasteiger partial charge in [-0.3, -0.25) is 9.97 Å². The van der Waals surface area contributed by atoms with Crippen LogP contribution in [-0.4, -0.2) is 14.5 Å². The number of hydrogen-bond acceptors (Lipinski definition) is 2. The molecule has 0 aliphatic rings. The van der Waals surface area contributed by atoms with Gasteiger partial charge >= 0.3 is 21.1 Å². The molecule has 0 aliphatic carbocycles. The van der Waals surface area contributed by atoms with Crippen LogP contribution in [0.1, 0.15) is 11.3 Å². The van der Waals surface area contributed by atoms with E-state index in [1.54, 1.807) is 6.20 Å². The number of para-hydroxylation sites is 3. The van der Waals surface area contributed by atoms with Crippen molar-refractivity contribution in [3.63, 3.8) is 0 Å². The average Bonchev–Trinajstić information content (AvgIpc) is 3.53. The van der Waals surface area contributed by atoms with Crippen molar-refractivity contribution < 1.29 is 21.1 Å². The predicted molar refractivity (Wildman–Crippen MR) is 153 cm³/mol. The molecule has 0 saturated carbocycles. The molecule has 0 unspecified atom stereocenters. The zero-order valence-corrected chi connectivity index (χ0v) is 23.1. The van der Waals surface area contributed by atoms with Crippen LogP contribution in [0.5, 0.6) is 0 Å². The van der Waals surface area contributed by atoms with E-state index >= 15 is 0 Å². The Morgan fingerprint density at radius 2 is 1.38 bits per heavy atom. The molecule has 3 heterocycles. The van der Waals surface area contributed by atoms with Crippen molar-refractivity contribution in [2.45, 2.75) is 0 Å². The van der Waals surface area contributed by atoms with Gasteiger partial charge in [0.05, 0.1) is 22.6 Å². The second-order valence-corrected chi connectivity index (χ2v) is 9.09. The fourth-order valence-electron chi connectivity index (χ4n) is 4.90. The summed E-state index contributed by atoms with van der Waals surface area (Å²) in [7, 11) is 0. The minimum absolute atomic E-state index is 0. The second kappa shape index (κ2) is 10.7. The molecule has 0 aliphatic heterocycles. The molecule has 4 aromatic carbocycles. The number of fused-ring (bicyclic) bond motifs is 2. The van der Waals surface area contributed by atoms with Crippen LogP contribution in [0.2, 0.25) is 0 Å². The summed E-state index contributed by atoms with van der Waals surface area (Å²) in [6.07, 6.45) is 5.92. The molecule has 0 bridgehead atoms. The monoisotopic (exact) mass is 681 g/mol. The fourth-order valence-corrected chi connectivity index (χ4v) is 4.90. The first-order valence-electron chi connectivity index (χ1n) is 12.5. The van der Waals surface area contributed by atoms with E-state index in [9.17, 15) is 0 Å². The molecule has 3 aromatic heterocycles. The molecule has 0 fully saturated rings. The summed E-state index contributed by atoms with van der Waals surface area (Å²) in [5.74, 6) is 0.858. The van der Waals surface area contributed by atoms with Crippen LogP contribution in [0.3, 0.4) is 0 Å². The van der Waals surface area contributed by atoms with Gasteiger partial charge in [-0.1, -0.05) is 72.3 Å². The molecule has 0 spiro atoms. The Morgan fingerprint density at radius 1 is 0.667 bits per heavy atom. The topological polar surface area (TPSA) is 44.8 Å². The van der Waals surface area contributed by atoms with Crippen molar-refractivity contribution in [2.75, 3.05) is 0 Å². The van der Waals surface area contributed by atoms with Crippen LogP contribution in [0.25, 0.3) is 51.0 Å². The Kier molecular flexibility index (Phi) is 6.79. The Balaban J connectivity index is 0.00000277. The molecule has 188 valence electrons. The maximum atomic E-state index is 5.00. The quantitative estimate of drug-likeness (QED) is 0.226. The first-order chi connectivity index (χ1) is 18.8. The van der Waals surface area contributed by atoms with E-state index in [1.165, 1.54) is 0 Å². The Hall–Kier alpha value is -4.53. The predicted octanol–water partition coefficient (Wildman–Crippen LogP) is 5.65. The molecule has 0 saturated heterocycles. The Bertz CT molecular complexity index is 2020. The van der Waals surface area contributed by atoms with E-state index in [1.807, 2.05) is 72.8 Å². The van der Waals surface area contributed by atoms with Crippen LogP contribution in [-0.2, 0) is 21.1 Å².